The van der Waals surface area contributed by atoms with E-state index < -0.39 is 0 Å². The summed E-state index contributed by atoms with van der Waals surface area (Å²) in [6.45, 7) is 6.43. The first-order valence-corrected chi connectivity index (χ1v) is 5.66. The molecule has 0 bridgehead atoms. The lowest BCUT2D eigenvalue weighted by atomic mass is 10.1. The highest BCUT2D eigenvalue weighted by atomic mass is 16.1. The van der Waals surface area contributed by atoms with Gasteiger partial charge >= 0.3 is 0 Å². The molecule has 0 atom stereocenters. The number of carbonyl (C=O) groups is 1. The number of carbonyl (C=O) groups excluding carboxylic acids is 1. The first-order chi connectivity index (χ1) is 8.06. The third-order valence-electron chi connectivity index (χ3n) is 2.88. The van der Waals surface area contributed by atoms with E-state index in [2.05, 4.69) is 37.1 Å². The molecule has 17 heavy (non-hydrogen) atoms. The van der Waals surface area contributed by atoms with Gasteiger partial charge in [-0.15, -0.1) is 0 Å². The van der Waals surface area contributed by atoms with Gasteiger partial charge in [-0.1, -0.05) is 23.8 Å². The van der Waals surface area contributed by atoms with Gasteiger partial charge in [-0.05, 0) is 31.9 Å². The summed E-state index contributed by atoms with van der Waals surface area (Å²) in [5.74, 6) is 0.0530. The van der Waals surface area contributed by atoms with Crippen LogP contribution in [0.2, 0.25) is 0 Å². The summed E-state index contributed by atoms with van der Waals surface area (Å²) >= 11 is 0. The van der Waals surface area contributed by atoms with Gasteiger partial charge in [0.25, 0.3) is 0 Å². The maximum atomic E-state index is 11.2. The van der Waals surface area contributed by atoms with Crippen LogP contribution in [0.5, 0.6) is 0 Å². The van der Waals surface area contributed by atoms with Gasteiger partial charge in [-0.2, -0.15) is 5.10 Å². The molecule has 0 aliphatic heterocycles. The molecular formula is C14H16N2O. The molecule has 2 rings (SSSR count). The minimum absolute atomic E-state index is 0.0530. The van der Waals surface area contributed by atoms with Crippen molar-refractivity contribution in [3.8, 4) is 0 Å². The van der Waals surface area contributed by atoms with E-state index in [-0.39, 0.29) is 5.78 Å². The molecule has 0 radical (unpaired) electrons. The summed E-state index contributed by atoms with van der Waals surface area (Å²) in [4.78, 5) is 11.2. The smallest absolute Gasteiger partial charge is 0.162 e. The molecule has 0 aliphatic rings. The Morgan fingerprint density at radius 2 is 2.12 bits per heavy atom. The first-order valence-electron chi connectivity index (χ1n) is 5.66. The molecule has 0 fully saturated rings. The second kappa shape index (κ2) is 4.53. The number of benzene rings is 1. The Labute approximate surface area is 101 Å². The normalized spacial score (nSPS) is 10.5. The largest absolute Gasteiger partial charge is 0.294 e. The number of ketones is 1. The predicted molar refractivity (Wildman–Crippen MR) is 67.2 cm³/mol. The summed E-state index contributed by atoms with van der Waals surface area (Å²) in [5, 5.41) is 4.20. The molecule has 1 aromatic carbocycles. The number of aryl methyl sites for hydroxylation is 2. The van der Waals surface area contributed by atoms with Crippen molar-refractivity contribution in [1.29, 1.82) is 0 Å². The minimum atomic E-state index is 0.0530. The van der Waals surface area contributed by atoms with E-state index >= 15 is 0 Å². The molecule has 0 N–H and O–H groups in total. The predicted octanol–water partition coefficient (Wildman–Crippen LogP) is 2.75. The van der Waals surface area contributed by atoms with E-state index in [0.29, 0.717) is 12.1 Å². The summed E-state index contributed by atoms with van der Waals surface area (Å²) in [6.07, 6.45) is 3.41. The van der Waals surface area contributed by atoms with Crippen molar-refractivity contribution in [1.82, 2.24) is 9.78 Å². The van der Waals surface area contributed by atoms with Crippen molar-refractivity contribution >= 4 is 5.78 Å². The summed E-state index contributed by atoms with van der Waals surface area (Å²) in [6, 6.07) is 6.37. The maximum absolute atomic E-state index is 11.2. The van der Waals surface area contributed by atoms with Crippen molar-refractivity contribution in [3.05, 3.63) is 52.8 Å². The molecule has 1 heterocycles. The summed E-state index contributed by atoms with van der Waals surface area (Å²) < 4.78 is 1.80. The molecule has 0 amide bonds. The number of hydrogen-bond acceptors (Lipinski definition) is 2. The fourth-order valence-electron chi connectivity index (χ4n) is 1.78. The van der Waals surface area contributed by atoms with Crippen LogP contribution in [-0.4, -0.2) is 15.6 Å². The monoisotopic (exact) mass is 228 g/mol. The van der Waals surface area contributed by atoms with E-state index in [1.807, 2.05) is 0 Å². The topological polar surface area (TPSA) is 34.9 Å². The van der Waals surface area contributed by atoms with E-state index in [4.69, 9.17) is 0 Å². The Hall–Kier alpha value is -1.90. The second-order valence-corrected chi connectivity index (χ2v) is 4.41. The van der Waals surface area contributed by atoms with Gasteiger partial charge in [0.2, 0.25) is 0 Å². The Balaban J connectivity index is 2.25. The van der Waals surface area contributed by atoms with Crippen LogP contribution < -0.4 is 0 Å². The van der Waals surface area contributed by atoms with Crippen LogP contribution in [0.1, 0.15) is 34.0 Å². The van der Waals surface area contributed by atoms with Gasteiger partial charge in [0.15, 0.2) is 5.78 Å². The van der Waals surface area contributed by atoms with E-state index in [1.54, 1.807) is 24.0 Å². The van der Waals surface area contributed by atoms with Crippen LogP contribution in [0.4, 0.5) is 0 Å². The van der Waals surface area contributed by atoms with Crippen LogP contribution in [0.25, 0.3) is 0 Å². The molecule has 0 aliphatic carbocycles. The molecule has 88 valence electrons. The Bertz CT molecular complexity index is 555. The van der Waals surface area contributed by atoms with Gasteiger partial charge in [-0.3, -0.25) is 9.48 Å². The number of aromatic nitrogens is 2. The third-order valence-corrected chi connectivity index (χ3v) is 2.88. The highest BCUT2D eigenvalue weighted by molar-refractivity contribution is 5.93. The zero-order chi connectivity index (χ0) is 12.4. The van der Waals surface area contributed by atoms with Crippen LogP contribution >= 0.6 is 0 Å². The van der Waals surface area contributed by atoms with Crippen molar-refractivity contribution in [2.75, 3.05) is 0 Å². The zero-order valence-electron chi connectivity index (χ0n) is 10.4. The Morgan fingerprint density at radius 3 is 2.76 bits per heavy atom. The van der Waals surface area contributed by atoms with Crippen molar-refractivity contribution in [2.45, 2.75) is 27.3 Å². The Morgan fingerprint density at radius 1 is 1.35 bits per heavy atom. The van der Waals surface area contributed by atoms with Gasteiger partial charge in [0.1, 0.15) is 0 Å². The molecule has 1 aromatic heterocycles. The van der Waals surface area contributed by atoms with E-state index in [0.717, 1.165) is 0 Å². The van der Waals surface area contributed by atoms with Crippen molar-refractivity contribution in [3.63, 3.8) is 0 Å². The summed E-state index contributed by atoms with van der Waals surface area (Å²) in [7, 11) is 0. The van der Waals surface area contributed by atoms with Crippen molar-refractivity contribution < 1.29 is 4.79 Å². The zero-order valence-corrected chi connectivity index (χ0v) is 10.4. The molecule has 0 spiro atoms. The van der Waals surface area contributed by atoms with Crippen LogP contribution in [0.3, 0.4) is 0 Å². The Kier molecular flexibility index (Phi) is 3.09. The molecule has 0 unspecified atom stereocenters. The third kappa shape index (κ3) is 2.61. The van der Waals surface area contributed by atoms with E-state index in [1.165, 1.54) is 16.7 Å². The first kappa shape index (κ1) is 11.6. The lowest BCUT2D eigenvalue weighted by molar-refractivity contribution is 0.101. The van der Waals surface area contributed by atoms with Gasteiger partial charge in [0.05, 0.1) is 18.3 Å². The van der Waals surface area contributed by atoms with E-state index in [9.17, 15) is 4.79 Å². The molecule has 3 heteroatoms. The van der Waals surface area contributed by atoms with Crippen molar-refractivity contribution in [2.24, 2.45) is 0 Å². The number of rotatable bonds is 3. The van der Waals surface area contributed by atoms with Gasteiger partial charge in [0, 0.05) is 6.20 Å². The van der Waals surface area contributed by atoms with Gasteiger partial charge < -0.3 is 0 Å². The number of hydrogen-bond donors (Lipinski definition) is 0. The fourth-order valence-corrected chi connectivity index (χ4v) is 1.78. The molecule has 3 nitrogen and oxygen atoms in total. The fraction of sp³-hybridized carbons (Fsp3) is 0.286. The highest BCUT2D eigenvalue weighted by Gasteiger charge is 2.05. The average molecular weight is 228 g/mol. The quantitative estimate of drug-likeness (QED) is 0.757. The maximum Gasteiger partial charge on any atom is 0.162 e. The number of nitrogens with zero attached hydrogens (tertiary/aromatic N) is 2. The molecule has 0 saturated carbocycles. The standard InChI is InChI=1S/C14H16N2O/c1-10-4-5-11(2)13(6-10)8-16-9-14(7-15-16)12(3)17/h4-7,9H,8H2,1-3H3. The van der Waals surface area contributed by atoms with Crippen LogP contribution in [-0.2, 0) is 6.54 Å². The number of Topliss-reactive ketones (excluding diaryl/α,β-unsaturated/α-hetero) is 1. The van der Waals surface area contributed by atoms with Crippen LogP contribution in [0, 0.1) is 13.8 Å². The average Bonchev–Trinajstić information content (AvgIpc) is 2.72. The lowest BCUT2D eigenvalue weighted by Gasteiger charge is -2.07. The highest BCUT2D eigenvalue weighted by Crippen LogP contribution is 2.12. The summed E-state index contributed by atoms with van der Waals surface area (Å²) in [5.41, 5.74) is 4.39. The minimum Gasteiger partial charge on any atom is -0.294 e. The SMILES string of the molecule is CC(=O)c1cnn(Cc2cc(C)ccc2C)c1. The van der Waals surface area contributed by atoms with Crippen LogP contribution in [0.15, 0.2) is 30.6 Å². The lowest BCUT2D eigenvalue weighted by Crippen LogP contribution is -2.02. The molecular weight excluding hydrogens is 212 g/mol. The molecule has 2 aromatic rings. The van der Waals surface area contributed by atoms with Gasteiger partial charge in [-0.25, -0.2) is 0 Å². The molecule has 0 saturated heterocycles. The second-order valence-electron chi connectivity index (χ2n) is 4.41.